The van der Waals surface area contributed by atoms with Crippen LogP contribution in [0.5, 0.6) is 5.75 Å². The highest BCUT2D eigenvalue weighted by Crippen LogP contribution is 2.20. The molecule has 0 aliphatic heterocycles. The number of carboxylic acids is 1. The van der Waals surface area contributed by atoms with E-state index in [1.54, 1.807) is 6.07 Å². The molecule has 0 fully saturated rings. The summed E-state index contributed by atoms with van der Waals surface area (Å²) in [7, 11) is 0. The van der Waals surface area contributed by atoms with Crippen LogP contribution in [0.25, 0.3) is 0 Å². The lowest BCUT2D eigenvalue weighted by Crippen LogP contribution is -2.26. The molecule has 4 nitrogen and oxygen atoms in total. The third-order valence-electron chi connectivity index (χ3n) is 1.84. The minimum absolute atomic E-state index is 0.0576. The zero-order valence-electron chi connectivity index (χ0n) is 9.00. The van der Waals surface area contributed by atoms with Gasteiger partial charge in [-0.3, -0.25) is 4.79 Å². The van der Waals surface area contributed by atoms with Crippen molar-refractivity contribution < 1.29 is 14.6 Å². The molecule has 2 N–H and O–H groups in total. The van der Waals surface area contributed by atoms with Crippen molar-refractivity contribution in [2.75, 3.05) is 19.7 Å². The van der Waals surface area contributed by atoms with Crippen LogP contribution in [0.3, 0.4) is 0 Å². The lowest BCUT2D eigenvalue weighted by molar-refractivity contribution is -0.135. The quantitative estimate of drug-likeness (QED) is 0.747. The van der Waals surface area contributed by atoms with Crippen LogP contribution in [0, 0.1) is 6.92 Å². The third kappa shape index (κ3) is 5.00. The standard InChI is InChI=1S/C11H14ClNO3/c1-8-4-9(12)6-10(5-8)16-3-2-13-7-11(14)15/h4-6,13H,2-3,7H2,1H3,(H,14,15). The molecular weight excluding hydrogens is 230 g/mol. The molecule has 0 saturated heterocycles. The Balaban J connectivity index is 2.29. The lowest BCUT2D eigenvalue weighted by Gasteiger charge is -2.07. The molecule has 88 valence electrons. The predicted molar refractivity (Wildman–Crippen MR) is 62.2 cm³/mol. The highest BCUT2D eigenvalue weighted by Gasteiger charge is 1.98. The number of ether oxygens (including phenoxy) is 1. The number of carbonyl (C=O) groups is 1. The van der Waals surface area contributed by atoms with Gasteiger partial charge in [0.2, 0.25) is 0 Å². The highest BCUT2D eigenvalue weighted by molar-refractivity contribution is 6.30. The molecule has 1 aromatic rings. The number of carboxylic acid groups (broad SMARTS) is 1. The number of nitrogens with one attached hydrogen (secondary N) is 1. The minimum Gasteiger partial charge on any atom is -0.492 e. The molecule has 0 radical (unpaired) electrons. The maximum atomic E-state index is 10.2. The average molecular weight is 244 g/mol. The topological polar surface area (TPSA) is 58.6 Å². The van der Waals surface area contributed by atoms with Crippen LogP contribution in [0.2, 0.25) is 5.02 Å². The molecule has 5 heteroatoms. The van der Waals surface area contributed by atoms with Gasteiger partial charge in [0.05, 0.1) is 6.54 Å². The van der Waals surface area contributed by atoms with Gasteiger partial charge < -0.3 is 15.2 Å². The molecule has 0 saturated carbocycles. The molecule has 1 rings (SSSR count). The van der Waals surface area contributed by atoms with E-state index in [1.165, 1.54) is 0 Å². The first-order valence-corrected chi connectivity index (χ1v) is 5.28. The number of rotatable bonds is 6. The van der Waals surface area contributed by atoms with E-state index < -0.39 is 5.97 Å². The van der Waals surface area contributed by atoms with Crippen LogP contribution in [0.1, 0.15) is 5.56 Å². The minimum atomic E-state index is -0.876. The second-order valence-electron chi connectivity index (χ2n) is 3.38. The number of aryl methyl sites for hydroxylation is 1. The van der Waals surface area contributed by atoms with Crippen molar-refractivity contribution in [2.45, 2.75) is 6.92 Å². The van der Waals surface area contributed by atoms with Crippen molar-refractivity contribution in [2.24, 2.45) is 0 Å². The molecule has 0 heterocycles. The maximum Gasteiger partial charge on any atom is 0.317 e. The van der Waals surface area contributed by atoms with Gasteiger partial charge in [0, 0.05) is 11.6 Å². The fourth-order valence-corrected chi connectivity index (χ4v) is 1.50. The Morgan fingerprint density at radius 1 is 1.50 bits per heavy atom. The van der Waals surface area contributed by atoms with Crippen LogP contribution in [0.4, 0.5) is 0 Å². The molecular formula is C11H14ClNO3. The predicted octanol–water partition coefficient (Wildman–Crippen LogP) is 1.70. The number of halogens is 1. The van der Waals surface area contributed by atoms with Gasteiger partial charge in [-0.2, -0.15) is 0 Å². The van der Waals surface area contributed by atoms with E-state index in [-0.39, 0.29) is 6.54 Å². The Hall–Kier alpha value is -1.26. The first-order valence-electron chi connectivity index (χ1n) is 4.90. The zero-order valence-corrected chi connectivity index (χ0v) is 9.75. The fraction of sp³-hybridized carbons (Fsp3) is 0.364. The normalized spacial score (nSPS) is 10.1. The summed E-state index contributed by atoms with van der Waals surface area (Å²) < 4.78 is 5.41. The number of hydrogen-bond donors (Lipinski definition) is 2. The molecule has 0 aromatic heterocycles. The summed E-state index contributed by atoms with van der Waals surface area (Å²) in [4.78, 5) is 10.2. The van der Waals surface area contributed by atoms with Crippen LogP contribution in [-0.4, -0.2) is 30.8 Å². The van der Waals surface area contributed by atoms with E-state index in [9.17, 15) is 4.79 Å². The fourth-order valence-electron chi connectivity index (χ4n) is 1.22. The lowest BCUT2D eigenvalue weighted by atomic mass is 10.2. The van der Waals surface area contributed by atoms with Crippen molar-refractivity contribution in [3.8, 4) is 5.75 Å². The first kappa shape index (κ1) is 12.8. The molecule has 0 amide bonds. The average Bonchev–Trinajstić information content (AvgIpc) is 2.15. The molecule has 1 aromatic carbocycles. The smallest absolute Gasteiger partial charge is 0.317 e. The van der Waals surface area contributed by atoms with Crippen molar-refractivity contribution in [1.29, 1.82) is 0 Å². The van der Waals surface area contributed by atoms with Crippen molar-refractivity contribution >= 4 is 17.6 Å². The van der Waals surface area contributed by atoms with Gasteiger partial charge in [-0.25, -0.2) is 0 Å². The van der Waals surface area contributed by atoms with E-state index in [0.717, 1.165) is 5.56 Å². The van der Waals surface area contributed by atoms with Gasteiger partial charge in [-0.15, -0.1) is 0 Å². The summed E-state index contributed by atoms with van der Waals surface area (Å²) in [5, 5.41) is 11.7. The second-order valence-corrected chi connectivity index (χ2v) is 3.82. The number of benzene rings is 1. The van der Waals surface area contributed by atoms with Gasteiger partial charge in [-0.1, -0.05) is 11.6 Å². The Bertz CT molecular complexity index is 348. The van der Waals surface area contributed by atoms with E-state index in [2.05, 4.69) is 5.32 Å². The summed E-state index contributed by atoms with van der Waals surface area (Å²) in [6.45, 7) is 2.77. The largest absolute Gasteiger partial charge is 0.492 e. The molecule has 16 heavy (non-hydrogen) atoms. The van der Waals surface area contributed by atoms with Gasteiger partial charge in [0.1, 0.15) is 12.4 Å². The SMILES string of the molecule is Cc1cc(Cl)cc(OCCNCC(=O)O)c1. The van der Waals surface area contributed by atoms with Crippen molar-refractivity contribution in [3.63, 3.8) is 0 Å². The Morgan fingerprint density at radius 3 is 2.88 bits per heavy atom. The number of aliphatic carboxylic acids is 1. The van der Waals surface area contributed by atoms with Crippen molar-refractivity contribution in [1.82, 2.24) is 5.32 Å². The van der Waals surface area contributed by atoms with Crippen LogP contribution in [0.15, 0.2) is 18.2 Å². The van der Waals surface area contributed by atoms with Crippen LogP contribution in [-0.2, 0) is 4.79 Å². The van der Waals surface area contributed by atoms with Crippen molar-refractivity contribution in [3.05, 3.63) is 28.8 Å². The maximum absolute atomic E-state index is 10.2. The summed E-state index contributed by atoms with van der Waals surface area (Å²) in [5.41, 5.74) is 1.03. The van der Waals surface area contributed by atoms with Gasteiger partial charge in [-0.05, 0) is 30.7 Å². The van der Waals surface area contributed by atoms with E-state index in [4.69, 9.17) is 21.4 Å². The molecule has 0 aliphatic rings. The van der Waals surface area contributed by atoms with Gasteiger partial charge >= 0.3 is 5.97 Å². The monoisotopic (exact) mass is 243 g/mol. The molecule has 0 aliphatic carbocycles. The molecule has 0 spiro atoms. The molecule has 0 atom stereocenters. The van der Waals surface area contributed by atoms with E-state index >= 15 is 0 Å². The first-order chi connectivity index (χ1) is 7.58. The van der Waals surface area contributed by atoms with Gasteiger partial charge in [0.15, 0.2) is 0 Å². The zero-order chi connectivity index (χ0) is 12.0. The summed E-state index contributed by atoms with van der Waals surface area (Å²) in [5.74, 6) is -0.180. The van der Waals surface area contributed by atoms with E-state index in [1.807, 2.05) is 19.1 Å². The van der Waals surface area contributed by atoms with Gasteiger partial charge in [0.25, 0.3) is 0 Å². The molecule has 0 unspecified atom stereocenters. The number of hydrogen-bond acceptors (Lipinski definition) is 3. The summed E-state index contributed by atoms with van der Waals surface area (Å²) in [6, 6.07) is 5.45. The molecule has 0 bridgehead atoms. The highest BCUT2D eigenvalue weighted by atomic mass is 35.5. The Labute approximate surface area is 99.2 Å². The summed E-state index contributed by atoms with van der Waals surface area (Å²) in [6.07, 6.45) is 0. The summed E-state index contributed by atoms with van der Waals surface area (Å²) >= 11 is 5.86. The third-order valence-corrected chi connectivity index (χ3v) is 2.06. The van der Waals surface area contributed by atoms with Crippen LogP contribution < -0.4 is 10.1 Å². The Kier molecular flexibility index (Phi) is 5.08. The van der Waals surface area contributed by atoms with Crippen LogP contribution >= 0.6 is 11.6 Å². The van der Waals surface area contributed by atoms with E-state index in [0.29, 0.717) is 23.9 Å². The second kappa shape index (κ2) is 6.35. The Morgan fingerprint density at radius 2 is 2.25 bits per heavy atom.